The van der Waals surface area contributed by atoms with Crippen molar-refractivity contribution < 1.29 is 13.9 Å². The molecule has 0 unspecified atom stereocenters. The third kappa shape index (κ3) is 5.42. The van der Waals surface area contributed by atoms with E-state index in [1.807, 2.05) is 12.1 Å². The lowest BCUT2D eigenvalue weighted by molar-refractivity contribution is 0.102. The Morgan fingerprint density at radius 3 is 2.62 bits per heavy atom. The second kappa shape index (κ2) is 10.7. The third-order valence-electron chi connectivity index (χ3n) is 5.94. The number of amides is 1. The normalized spacial score (nSPS) is 12.0. The summed E-state index contributed by atoms with van der Waals surface area (Å²) in [6.07, 6.45) is 3.13. The summed E-state index contributed by atoms with van der Waals surface area (Å²) in [4.78, 5) is 17.5. The molecule has 0 fully saturated rings. The molecule has 6 heteroatoms. The molecule has 1 aromatic heterocycles. The van der Waals surface area contributed by atoms with Crippen molar-refractivity contribution in [1.29, 1.82) is 0 Å². The first-order valence-electron chi connectivity index (χ1n) is 11.7. The van der Waals surface area contributed by atoms with Crippen molar-refractivity contribution in [3.63, 3.8) is 0 Å². The van der Waals surface area contributed by atoms with Crippen LogP contribution >= 0.6 is 11.6 Å². The number of unbranched alkanes of at least 4 members (excludes halogenated alkanes) is 1. The molecule has 0 bridgehead atoms. The van der Waals surface area contributed by atoms with Crippen LogP contribution in [0.3, 0.4) is 0 Å². The van der Waals surface area contributed by atoms with Crippen molar-refractivity contribution in [2.45, 2.75) is 46.0 Å². The number of fused-ring (bicyclic) bond motifs is 1. The lowest BCUT2D eigenvalue weighted by Crippen LogP contribution is -2.12. The lowest BCUT2D eigenvalue weighted by atomic mass is 9.98. The second-order valence-electron chi connectivity index (χ2n) is 8.43. The maximum atomic E-state index is 12.8. The number of benzene rings is 3. The van der Waals surface area contributed by atoms with E-state index in [0.29, 0.717) is 34.7 Å². The first kappa shape index (κ1) is 23.8. The molecule has 4 aromatic rings. The van der Waals surface area contributed by atoms with E-state index < -0.39 is 0 Å². The lowest BCUT2D eigenvalue weighted by Gasteiger charge is -2.10. The molecule has 0 aliphatic rings. The third-order valence-corrected chi connectivity index (χ3v) is 6.27. The molecule has 5 nitrogen and oxygen atoms in total. The topological polar surface area (TPSA) is 64.4 Å². The molecule has 34 heavy (non-hydrogen) atoms. The minimum Gasteiger partial charge on any atom is -0.494 e. The van der Waals surface area contributed by atoms with Crippen molar-refractivity contribution in [2.75, 3.05) is 11.9 Å². The number of oxazole rings is 1. The Bertz CT molecular complexity index is 1280. The van der Waals surface area contributed by atoms with E-state index in [1.54, 1.807) is 36.4 Å². The Labute approximate surface area is 205 Å². The van der Waals surface area contributed by atoms with Gasteiger partial charge < -0.3 is 14.5 Å². The molecular weight excluding hydrogens is 448 g/mol. The van der Waals surface area contributed by atoms with Crippen LogP contribution in [-0.4, -0.2) is 17.5 Å². The van der Waals surface area contributed by atoms with Crippen molar-refractivity contribution in [2.24, 2.45) is 0 Å². The maximum Gasteiger partial charge on any atom is 0.255 e. The van der Waals surface area contributed by atoms with Gasteiger partial charge in [-0.25, -0.2) is 4.98 Å². The molecule has 3 aromatic carbocycles. The first-order chi connectivity index (χ1) is 16.5. The molecule has 0 aliphatic heterocycles. The minimum absolute atomic E-state index is 0.255. The molecule has 0 saturated heterocycles. The van der Waals surface area contributed by atoms with Crippen LogP contribution in [0.25, 0.3) is 22.6 Å². The highest BCUT2D eigenvalue weighted by Crippen LogP contribution is 2.32. The fourth-order valence-corrected chi connectivity index (χ4v) is 3.76. The van der Waals surface area contributed by atoms with Gasteiger partial charge in [0.15, 0.2) is 5.58 Å². The number of hydrogen-bond donors (Lipinski definition) is 1. The largest absolute Gasteiger partial charge is 0.494 e. The summed E-state index contributed by atoms with van der Waals surface area (Å²) < 4.78 is 11.6. The van der Waals surface area contributed by atoms with Gasteiger partial charge in [-0.1, -0.05) is 44.9 Å². The number of hydrogen-bond acceptors (Lipinski definition) is 4. The standard InChI is InChI=1S/C28H29ClN2O3/c1-4-6-15-33-22-11-7-19(8-12-22)27(32)30-24-17-21(9-13-23(24)29)28-31-25-16-20(18(3)5-2)10-14-26(25)34-28/h7-14,16-18H,4-6,15H2,1-3H3,(H,30,32)/t18-/m0/s1. The number of carbonyl (C=O) groups is 1. The van der Waals surface area contributed by atoms with Gasteiger partial charge in [0, 0.05) is 11.1 Å². The Balaban J connectivity index is 1.52. The van der Waals surface area contributed by atoms with Crippen LogP contribution in [-0.2, 0) is 0 Å². The van der Waals surface area contributed by atoms with Crippen molar-refractivity contribution in [1.82, 2.24) is 4.98 Å². The summed E-state index contributed by atoms with van der Waals surface area (Å²) in [5.74, 6) is 1.43. The zero-order valence-electron chi connectivity index (χ0n) is 19.7. The SMILES string of the molecule is CCCCOc1ccc(C(=O)Nc2cc(-c3nc4cc([C@@H](C)CC)ccc4o3)ccc2Cl)cc1. The molecule has 1 amide bonds. The maximum absolute atomic E-state index is 12.8. The molecule has 1 heterocycles. The minimum atomic E-state index is -0.255. The van der Waals surface area contributed by atoms with Gasteiger partial charge in [0.2, 0.25) is 5.89 Å². The predicted octanol–water partition coefficient (Wildman–Crippen LogP) is 8.09. The fourth-order valence-electron chi connectivity index (χ4n) is 3.60. The Hall–Kier alpha value is -3.31. The highest BCUT2D eigenvalue weighted by molar-refractivity contribution is 6.34. The van der Waals surface area contributed by atoms with Crippen LogP contribution in [0.2, 0.25) is 5.02 Å². The Morgan fingerprint density at radius 1 is 1.09 bits per heavy atom. The number of aromatic nitrogens is 1. The van der Waals surface area contributed by atoms with Gasteiger partial charge in [-0.2, -0.15) is 0 Å². The molecule has 0 spiro atoms. The van der Waals surface area contributed by atoms with Crippen molar-refractivity contribution in [3.05, 3.63) is 76.8 Å². The highest BCUT2D eigenvalue weighted by Gasteiger charge is 2.14. The zero-order chi connectivity index (χ0) is 24.1. The van der Waals surface area contributed by atoms with Crippen LogP contribution in [0.4, 0.5) is 5.69 Å². The van der Waals surface area contributed by atoms with Gasteiger partial charge in [-0.05, 0) is 78.9 Å². The first-order valence-corrected chi connectivity index (χ1v) is 12.1. The number of rotatable bonds is 9. The number of halogens is 1. The summed E-state index contributed by atoms with van der Waals surface area (Å²) in [5, 5.41) is 3.33. The van der Waals surface area contributed by atoms with Crippen LogP contribution in [0.15, 0.2) is 65.1 Å². The summed E-state index contributed by atoms with van der Waals surface area (Å²) in [5.41, 5.74) is 4.53. The Kier molecular flexibility index (Phi) is 7.53. The van der Waals surface area contributed by atoms with Crippen molar-refractivity contribution in [3.8, 4) is 17.2 Å². The molecule has 176 valence electrons. The number of anilines is 1. The molecule has 0 aliphatic carbocycles. The van der Waals surface area contributed by atoms with Gasteiger partial charge in [0.1, 0.15) is 11.3 Å². The summed E-state index contributed by atoms with van der Waals surface area (Å²) in [6.45, 7) is 7.15. The van der Waals surface area contributed by atoms with E-state index in [9.17, 15) is 4.79 Å². The fraction of sp³-hybridized carbons (Fsp3) is 0.286. The van der Waals surface area contributed by atoms with E-state index in [2.05, 4.69) is 43.2 Å². The monoisotopic (exact) mass is 476 g/mol. The molecular formula is C28H29ClN2O3. The smallest absolute Gasteiger partial charge is 0.255 e. The highest BCUT2D eigenvalue weighted by atomic mass is 35.5. The summed E-state index contributed by atoms with van der Waals surface area (Å²) >= 11 is 6.38. The van der Waals surface area contributed by atoms with Crippen LogP contribution in [0.5, 0.6) is 5.75 Å². The van der Waals surface area contributed by atoms with E-state index in [1.165, 1.54) is 5.56 Å². The summed E-state index contributed by atoms with van der Waals surface area (Å²) in [7, 11) is 0. The van der Waals surface area contributed by atoms with Crippen LogP contribution in [0, 0.1) is 0 Å². The van der Waals surface area contributed by atoms with Gasteiger partial charge in [-0.3, -0.25) is 4.79 Å². The molecule has 0 radical (unpaired) electrons. The van der Waals surface area contributed by atoms with E-state index >= 15 is 0 Å². The summed E-state index contributed by atoms with van der Waals surface area (Å²) in [6, 6.07) is 18.5. The van der Waals surface area contributed by atoms with Crippen molar-refractivity contribution >= 4 is 34.3 Å². The van der Waals surface area contributed by atoms with E-state index in [4.69, 9.17) is 20.8 Å². The predicted molar refractivity (Wildman–Crippen MR) is 138 cm³/mol. The van der Waals surface area contributed by atoms with Crippen LogP contribution in [0.1, 0.15) is 61.9 Å². The average molecular weight is 477 g/mol. The van der Waals surface area contributed by atoms with Gasteiger partial charge >= 0.3 is 0 Å². The quantitative estimate of drug-likeness (QED) is 0.248. The van der Waals surface area contributed by atoms with Gasteiger partial charge in [0.05, 0.1) is 17.3 Å². The number of carbonyl (C=O) groups excluding carboxylic acids is 1. The Morgan fingerprint density at radius 2 is 1.88 bits per heavy atom. The second-order valence-corrected chi connectivity index (χ2v) is 8.84. The molecule has 1 atom stereocenters. The molecule has 0 saturated carbocycles. The number of ether oxygens (including phenoxy) is 1. The molecule has 4 rings (SSSR count). The van der Waals surface area contributed by atoms with Gasteiger partial charge in [0.25, 0.3) is 5.91 Å². The zero-order valence-corrected chi connectivity index (χ0v) is 20.5. The van der Waals surface area contributed by atoms with E-state index in [-0.39, 0.29) is 5.91 Å². The molecule has 1 N–H and O–H groups in total. The number of nitrogens with zero attached hydrogens (tertiary/aromatic N) is 1. The van der Waals surface area contributed by atoms with Gasteiger partial charge in [-0.15, -0.1) is 0 Å². The number of nitrogens with one attached hydrogen (secondary N) is 1. The average Bonchev–Trinajstić information content (AvgIpc) is 3.29. The van der Waals surface area contributed by atoms with E-state index in [0.717, 1.165) is 41.7 Å². The van der Waals surface area contributed by atoms with Crippen LogP contribution < -0.4 is 10.1 Å².